The fraction of sp³-hybridized carbons (Fsp3) is 0.364. The summed E-state index contributed by atoms with van der Waals surface area (Å²) in [7, 11) is 0. The molecule has 1 amide bonds. The molecule has 80 valence electrons. The Morgan fingerprint density at radius 3 is 2.93 bits per heavy atom. The van der Waals surface area contributed by atoms with Crippen LogP contribution in [0.1, 0.15) is 13.8 Å². The molecule has 4 heteroatoms. The van der Waals surface area contributed by atoms with E-state index in [2.05, 4.69) is 5.32 Å². The normalized spacial score (nSPS) is 18.9. The van der Waals surface area contributed by atoms with E-state index in [-0.39, 0.29) is 11.7 Å². The van der Waals surface area contributed by atoms with Crippen molar-refractivity contribution in [3.05, 3.63) is 18.2 Å². The van der Waals surface area contributed by atoms with E-state index in [1.165, 1.54) is 11.8 Å². The minimum Gasteiger partial charge on any atom is -0.507 e. The maximum Gasteiger partial charge on any atom is 0.230 e. The van der Waals surface area contributed by atoms with Crippen LogP contribution < -0.4 is 5.32 Å². The maximum absolute atomic E-state index is 11.8. The van der Waals surface area contributed by atoms with Crippen molar-refractivity contribution in [1.29, 1.82) is 0 Å². The molecule has 0 unspecified atom stereocenters. The number of amides is 1. The number of fused-ring (bicyclic) bond motifs is 1. The van der Waals surface area contributed by atoms with Crippen LogP contribution >= 0.6 is 11.8 Å². The highest BCUT2D eigenvalue weighted by Crippen LogP contribution is 2.41. The van der Waals surface area contributed by atoms with Crippen molar-refractivity contribution < 1.29 is 9.90 Å². The van der Waals surface area contributed by atoms with Gasteiger partial charge in [0.15, 0.2) is 0 Å². The smallest absolute Gasteiger partial charge is 0.230 e. The number of nitrogens with one attached hydrogen (secondary N) is 1. The van der Waals surface area contributed by atoms with Gasteiger partial charge in [0.1, 0.15) is 5.75 Å². The lowest BCUT2D eigenvalue weighted by Crippen LogP contribution is -2.31. The van der Waals surface area contributed by atoms with Gasteiger partial charge >= 0.3 is 0 Å². The van der Waals surface area contributed by atoms with Gasteiger partial charge in [0, 0.05) is 5.75 Å². The number of hydrogen-bond acceptors (Lipinski definition) is 3. The summed E-state index contributed by atoms with van der Waals surface area (Å²) in [6.07, 6.45) is 0. The standard InChI is InChI=1S/C11H13NO2S/c1-11(2)6-15-9-7(12-10(11)14)4-3-5-8(9)13/h3-5,13H,6H2,1-2H3,(H,12,14). The molecule has 1 aromatic carbocycles. The van der Waals surface area contributed by atoms with Gasteiger partial charge in [-0.3, -0.25) is 4.79 Å². The number of phenols is 1. The molecular formula is C11H13NO2S. The zero-order valence-corrected chi connectivity index (χ0v) is 9.52. The van der Waals surface area contributed by atoms with E-state index in [4.69, 9.17) is 0 Å². The molecule has 0 aliphatic carbocycles. The largest absolute Gasteiger partial charge is 0.507 e. The van der Waals surface area contributed by atoms with Crippen molar-refractivity contribution in [3.8, 4) is 5.75 Å². The zero-order valence-electron chi connectivity index (χ0n) is 8.70. The molecule has 0 saturated carbocycles. The highest BCUT2D eigenvalue weighted by molar-refractivity contribution is 7.99. The molecule has 0 atom stereocenters. The molecule has 1 aliphatic rings. The summed E-state index contributed by atoms with van der Waals surface area (Å²) in [4.78, 5) is 12.6. The van der Waals surface area contributed by atoms with Crippen molar-refractivity contribution >= 4 is 23.4 Å². The molecule has 2 rings (SSSR count). The second-order valence-electron chi connectivity index (χ2n) is 4.28. The molecule has 3 nitrogen and oxygen atoms in total. The third-order valence-corrected chi connectivity index (χ3v) is 4.02. The number of rotatable bonds is 0. The van der Waals surface area contributed by atoms with Gasteiger partial charge in [-0.25, -0.2) is 0 Å². The van der Waals surface area contributed by atoms with Crippen LogP contribution in [-0.4, -0.2) is 16.8 Å². The second kappa shape index (κ2) is 3.45. The first-order valence-corrected chi connectivity index (χ1v) is 5.75. The Bertz CT molecular complexity index is 415. The van der Waals surface area contributed by atoms with Crippen molar-refractivity contribution in [3.63, 3.8) is 0 Å². The van der Waals surface area contributed by atoms with Crippen LogP contribution in [0.25, 0.3) is 0 Å². The summed E-state index contributed by atoms with van der Waals surface area (Å²) in [5.41, 5.74) is 0.298. The first-order valence-electron chi connectivity index (χ1n) is 4.77. The average molecular weight is 223 g/mol. The number of hydrogen-bond donors (Lipinski definition) is 2. The van der Waals surface area contributed by atoms with Crippen molar-refractivity contribution in [2.75, 3.05) is 11.1 Å². The molecule has 0 bridgehead atoms. The Morgan fingerprint density at radius 2 is 2.20 bits per heavy atom. The molecule has 1 heterocycles. The number of anilines is 1. The molecule has 0 fully saturated rings. The first-order chi connectivity index (χ1) is 7.00. The van der Waals surface area contributed by atoms with Crippen LogP contribution in [0.2, 0.25) is 0 Å². The first kappa shape index (κ1) is 10.4. The maximum atomic E-state index is 11.8. The van der Waals surface area contributed by atoms with Crippen LogP contribution in [0.3, 0.4) is 0 Å². The lowest BCUT2D eigenvalue weighted by atomic mass is 9.95. The SMILES string of the molecule is CC1(C)CSc2c(O)cccc2NC1=O. The Balaban J connectivity index is 2.44. The van der Waals surface area contributed by atoms with Gasteiger partial charge < -0.3 is 10.4 Å². The topological polar surface area (TPSA) is 49.3 Å². The van der Waals surface area contributed by atoms with Crippen LogP contribution in [0.5, 0.6) is 5.75 Å². The van der Waals surface area contributed by atoms with Crippen LogP contribution in [-0.2, 0) is 4.79 Å². The van der Waals surface area contributed by atoms with E-state index in [9.17, 15) is 9.90 Å². The van der Waals surface area contributed by atoms with Gasteiger partial charge in [0.2, 0.25) is 5.91 Å². The lowest BCUT2D eigenvalue weighted by Gasteiger charge is -2.18. The van der Waals surface area contributed by atoms with Crippen LogP contribution in [0.15, 0.2) is 23.1 Å². The molecule has 15 heavy (non-hydrogen) atoms. The number of aromatic hydroxyl groups is 1. The van der Waals surface area contributed by atoms with E-state index in [0.717, 1.165) is 4.90 Å². The van der Waals surface area contributed by atoms with E-state index in [0.29, 0.717) is 11.4 Å². The molecular weight excluding hydrogens is 210 g/mol. The quantitative estimate of drug-likeness (QED) is 0.710. The Kier molecular flexibility index (Phi) is 2.38. The second-order valence-corrected chi connectivity index (χ2v) is 5.27. The molecule has 2 N–H and O–H groups in total. The van der Waals surface area contributed by atoms with Gasteiger partial charge in [-0.05, 0) is 12.1 Å². The Labute approximate surface area is 92.9 Å². The highest BCUT2D eigenvalue weighted by atomic mass is 32.2. The molecule has 0 saturated heterocycles. The van der Waals surface area contributed by atoms with Crippen molar-refractivity contribution in [2.24, 2.45) is 5.41 Å². The van der Waals surface area contributed by atoms with Gasteiger partial charge in [-0.2, -0.15) is 0 Å². The van der Waals surface area contributed by atoms with E-state index < -0.39 is 5.41 Å². The average Bonchev–Trinajstić information content (AvgIpc) is 2.26. The van der Waals surface area contributed by atoms with Gasteiger partial charge in [-0.1, -0.05) is 19.9 Å². The van der Waals surface area contributed by atoms with Gasteiger partial charge in [0.25, 0.3) is 0 Å². The number of carbonyl (C=O) groups is 1. The van der Waals surface area contributed by atoms with Crippen molar-refractivity contribution in [1.82, 2.24) is 0 Å². The fourth-order valence-corrected chi connectivity index (χ4v) is 2.51. The minimum absolute atomic E-state index is 0.000602. The predicted molar refractivity (Wildman–Crippen MR) is 61.2 cm³/mol. The lowest BCUT2D eigenvalue weighted by molar-refractivity contribution is -0.122. The number of phenolic OH excluding ortho intramolecular Hbond substituents is 1. The number of carbonyl (C=O) groups excluding carboxylic acids is 1. The molecule has 0 aromatic heterocycles. The molecule has 0 radical (unpaired) electrons. The number of thioether (sulfide) groups is 1. The highest BCUT2D eigenvalue weighted by Gasteiger charge is 2.32. The van der Waals surface area contributed by atoms with E-state index >= 15 is 0 Å². The summed E-state index contributed by atoms with van der Waals surface area (Å²) < 4.78 is 0. The Morgan fingerprint density at radius 1 is 1.47 bits per heavy atom. The van der Waals surface area contributed by atoms with E-state index in [1.807, 2.05) is 13.8 Å². The summed E-state index contributed by atoms with van der Waals surface area (Å²) >= 11 is 1.51. The van der Waals surface area contributed by atoms with Crippen LogP contribution in [0.4, 0.5) is 5.69 Å². The fourth-order valence-electron chi connectivity index (χ4n) is 1.38. The monoisotopic (exact) mass is 223 g/mol. The Hall–Kier alpha value is -1.16. The van der Waals surface area contributed by atoms with Gasteiger partial charge in [-0.15, -0.1) is 11.8 Å². The summed E-state index contributed by atoms with van der Waals surface area (Å²) in [6, 6.07) is 5.17. The van der Waals surface area contributed by atoms with Crippen LogP contribution in [0, 0.1) is 5.41 Å². The predicted octanol–water partition coefficient (Wildman–Crippen LogP) is 2.46. The third-order valence-electron chi connectivity index (χ3n) is 2.43. The summed E-state index contributed by atoms with van der Waals surface area (Å²) in [6.45, 7) is 3.80. The van der Waals surface area contributed by atoms with E-state index in [1.54, 1.807) is 18.2 Å². The number of benzene rings is 1. The summed E-state index contributed by atoms with van der Waals surface area (Å²) in [5, 5.41) is 12.5. The van der Waals surface area contributed by atoms with Crippen molar-refractivity contribution in [2.45, 2.75) is 18.7 Å². The molecule has 0 spiro atoms. The zero-order chi connectivity index (χ0) is 11.1. The molecule has 1 aliphatic heterocycles. The minimum atomic E-state index is -0.407. The third kappa shape index (κ3) is 1.81. The molecule has 1 aromatic rings. The van der Waals surface area contributed by atoms with Gasteiger partial charge in [0.05, 0.1) is 16.0 Å². The summed E-state index contributed by atoms with van der Waals surface area (Å²) in [5.74, 6) is 0.901.